The van der Waals surface area contributed by atoms with Gasteiger partial charge in [0.2, 0.25) is 5.91 Å². The Morgan fingerprint density at radius 1 is 1.15 bits per heavy atom. The monoisotopic (exact) mass is 367 g/mol. The fourth-order valence-corrected chi connectivity index (χ4v) is 3.21. The van der Waals surface area contributed by atoms with Gasteiger partial charge in [0.25, 0.3) is 0 Å². The molecule has 2 heterocycles. The maximum atomic E-state index is 12.5. The summed E-state index contributed by atoms with van der Waals surface area (Å²) < 4.78 is 0. The molecule has 0 saturated carbocycles. The first-order valence-corrected chi connectivity index (χ1v) is 8.68. The normalized spacial score (nSPS) is 11.6. The predicted molar refractivity (Wildman–Crippen MR) is 101 cm³/mol. The third-order valence-corrected chi connectivity index (χ3v) is 4.54. The van der Waals surface area contributed by atoms with Gasteiger partial charge in [-0.3, -0.25) is 15.1 Å². The Kier molecular flexibility index (Phi) is 5.23. The summed E-state index contributed by atoms with van der Waals surface area (Å²) in [6, 6.07) is 11.3. The Balaban J connectivity index is 1.75. The van der Waals surface area contributed by atoms with Gasteiger partial charge in [-0.05, 0) is 17.7 Å². The number of anilines is 1. The molecule has 0 saturated heterocycles. The number of thiazole rings is 1. The van der Waals surface area contributed by atoms with Crippen molar-refractivity contribution in [1.82, 2.24) is 14.9 Å². The lowest BCUT2D eigenvalue weighted by Crippen LogP contribution is -2.41. The Bertz CT molecular complexity index is 898. The number of nitrogens with two attached hydrogens (primary N) is 1. The number of likely N-dealkylation sites (N-methyl/N-ethyl adjacent to an activating group) is 1. The number of hydrogen-bond donors (Lipinski definition) is 2. The fraction of sp³-hybridized carbons (Fsp3) is 0.111. The first kappa shape index (κ1) is 17.6. The lowest BCUT2D eigenvalue weighted by atomic mass is 10.1. The van der Waals surface area contributed by atoms with Gasteiger partial charge < -0.3 is 10.6 Å². The molecule has 1 aromatic carbocycles. The van der Waals surface area contributed by atoms with E-state index in [9.17, 15) is 9.59 Å². The second-order valence-electron chi connectivity index (χ2n) is 5.53. The van der Waals surface area contributed by atoms with Gasteiger partial charge in [-0.25, -0.2) is 9.78 Å². The number of nitrogens with one attached hydrogen (secondary N) is 1. The second-order valence-corrected chi connectivity index (χ2v) is 6.39. The zero-order chi connectivity index (χ0) is 18.5. The van der Waals surface area contributed by atoms with Crippen LogP contribution in [0.15, 0.2) is 60.2 Å². The van der Waals surface area contributed by atoms with Crippen molar-refractivity contribution in [3.05, 3.63) is 65.8 Å². The third kappa shape index (κ3) is 3.86. The van der Waals surface area contributed by atoms with Crippen molar-refractivity contribution in [2.24, 2.45) is 5.73 Å². The number of rotatable bonds is 5. The maximum Gasteiger partial charge on any atom is 0.324 e. The van der Waals surface area contributed by atoms with Crippen molar-refractivity contribution in [3.63, 3.8) is 0 Å². The number of pyridine rings is 1. The van der Waals surface area contributed by atoms with Crippen molar-refractivity contribution in [3.8, 4) is 11.3 Å². The zero-order valence-electron chi connectivity index (χ0n) is 14.0. The van der Waals surface area contributed by atoms with Crippen molar-refractivity contribution in [2.75, 3.05) is 12.4 Å². The molecule has 3 N–H and O–H groups in total. The van der Waals surface area contributed by atoms with Crippen LogP contribution in [0.1, 0.15) is 11.6 Å². The molecule has 0 aliphatic carbocycles. The summed E-state index contributed by atoms with van der Waals surface area (Å²) in [4.78, 5) is 34.0. The van der Waals surface area contributed by atoms with Crippen LogP contribution in [0, 0.1) is 0 Å². The topological polar surface area (TPSA) is 101 Å². The molecule has 8 heteroatoms. The average molecular weight is 367 g/mol. The smallest absolute Gasteiger partial charge is 0.324 e. The summed E-state index contributed by atoms with van der Waals surface area (Å²) in [5.41, 5.74) is 7.80. The van der Waals surface area contributed by atoms with Gasteiger partial charge in [0, 0.05) is 30.4 Å². The van der Waals surface area contributed by atoms with Crippen LogP contribution in [0.5, 0.6) is 0 Å². The molecule has 1 atom stereocenters. The fourth-order valence-electron chi connectivity index (χ4n) is 2.50. The summed E-state index contributed by atoms with van der Waals surface area (Å²) in [5, 5.41) is 4.98. The molecule has 0 fully saturated rings. The van der Waals surface area contributed by atoms with E-state index in [4.69, 9.17) is 5.73 Å². The van der Waals surface area contributed by atoms with E-state index in [1.54, 1.807) is 36.7 Å². The molecule has 0 aliphatic rings. The van der Waals surface area contributed by atoms with Gasteiger partial charge in [-0.2, -0.15) is 0 Å². The predicted octanol–water partition coefficient (Wildman–Crippen LogP) is 2.90. The molecule has 0 radical (unpaired) electrons. The Hall–Kier alpha value is -3.26. The summed E-state index contributed by atoms with van der Waals surface area (Å²) in [7, 11) is 1.52. The first-order valence-electron chi connectivity index (χ1n) is 7.80. The number of nitrogens with zero attached hydrogens (tertiary/aromatic N) is 3. The van der Waals surface area contributed by atoms with Crippen LogP contribution in [0.2, 0.25) is 0 Å². The Morgan fingerprint density at radius 3 is 2.50 bits per heavy atom. The van der Waals surface area contributed by atoms with Gasteiger partial charge >= 0.3 is 6.03 Å². The number of amides is 3. The molecule has 3 amide bonds. The van der Waals surface area contributed by atoms with E-state index >= 15 is 0 Å². The van der Waals surface area contributed by atoms with Crippen molar-refractivity contribution in [1.29, 1.82) is 0 Å². The third-order valence-electron chi connectivity index (χ3n) is 3.79. The second kappa shape index (κ2) is 7.75. The number of hydrogen-bond acceptors (Lipinski definition) is 5. The van der Waals surface area contributed by atoms with E-state index in [0.29, 0.717) is 10.7 Å². The minimum atomic E-state index is -0.865. The number of carbonyl (C=O) groups excluding carboxylic acids is 2. The molecule has 26 heavy (non-hydrogen) atoms. The molecular weight excluding hydrogens is 350 g/mol. The highest BCUT2D eigenvalue weighted by Gasteiger charge is 2.27. The summed E-state index contributed by atoms with van der Waals surface area (Å²) in [6.45, 7) is 0. The van der Waals surface area contributed by atoms with E-state index in [-0.39, 0.29) is 0 Å². The number of benzene rings is 1. The van der Waals surface area contributed by atoms with E-state index < -0.39 is 18.0 Å². The lowest BCUT2D eigenvalue weighted by Gasteiger charge is -2.25. The van der Waals surface area contributed by atoms with Crippen molar-refractivity contribution < 1.29 is 9.59 Å². The number of carbonyl (C=O) groups is 2. The van der Waals surface area contributed by atoms with Crippen molar-refractivity contribution in [2.45, 2.75) is 6.04 Å². The zero-order valence-corrected chi connectivity index (χ0v) is 14.8. The summed E-state index contributed by atoms with van der Waals surface area (Å²) in [5.74, 6) is -0.606. The quantitative estimate of drug-likeness (QED) is 0.724. The van der Waals surface area contributed by atoms with Crippen LogP contribution in [-0.2, 0) is 4.79 Å². The Labute approximate surface area is 154 Å². The highest BCUT2D eigenvalue weighted by Crippen LogP contribution is 2.25. The molecule has 7 nitrogen and oxygen atoms in total. The minimum absolute atomic E-state index is 0.435. The largest absolute Gasteiger partial charge is 0.368 e. The highest BCUT2D eigenvalue weighted by molar-refractivity contribution is 7.14. The molecule has 0 bridgehead atoms. The Morgan fingerprint density at radius 2 is 1.85 bits per heavy atom. The number of urea groups is 1. The van der Waals surface area contributed by atoms with Crippen molar-refractivity contribution >= 4 is 28.4 Å². The number of aromatic nitrogens is 2. The van der Waals surface area contributed by atoms with Gasteiger partial charge in [-0.15, -0.1) is 11.3 Å². The molecule has 0 unspecified atom stereocenters. The SMILES string of the molecule is CN(C(=O)Nc1nc(-c2ccncc2)cs1)[C@H](C(N)=O)c1ccccc1. The molecule has 0 aliphatic heterocycles. The molecule has 132 valence electrons. The summed E-state index contributed by atoms with van der Waals surface area (Å²) in [6.07, 6.45) is 3.36. The van der Waals surface area contributed by atoms with E-state index in [1.165, 1.54) is 23.3 Å². The van der Waals surface area contributed by atoms with Crippen LogP contribution >= 0.6 is 11.3 Å². The molecule has 2 aromatic heterocycles. The van der Waals surface area contributed by atoms with Crippen LogP contribution in [-0.4, -0.2) is 33.9 Å². The minimum Gasteiger partial charge on any atom is -0.368 e. The van der Waals surface area contributed by atoms with Crippen LogP contribution in [0.25, 0.3) is 11.3 Å². The van der Waals surface area contributed by atoms with Gasteiger partial charge in [0.15, 0.2) is 5.13 Å². The highest BCUT2D eigenvalue weighted by atomic mass is 32.1. The van der Waals surface area contributed by atoms with E-state index in [1.807, 2.05) is 23.6 Å². The number of primary amides is 1. The molecule has 0 spiro atoms. The molecule has 3 rings (SSSR count). The summed E-state index contributed by atoms with van der Waals surface area (Å²) >= 11 is 1.30. The van der Waals surface area contributed by atoms with Gasteiger partial charge in [-0.1, -0.05) is 30.3 Å². The maximum absolute atomic E-state index is 12.5. The van der Waals surface area contributed by atoms with Crippen LogP contribution in [0.4, 0.5) is 9.93 Å². The van der Waals surface area contributed by atoms with Crippen LogP contribution < -0.4 is 11.1 Å². The lowest BCUT2D eigenvalue weighted by molar-refractivity contribution is -0.122. The molecular formula is C18H17N5O2S. The average Bonchev–Trinajstić information content (AvgIpc) is 3.11. The van der Waals surface area contributed by atoms with Crippen LogP contribution in [0.3, 0.4) is 0 Å². The van der Waals surface area contributed by atoms with Gasteiger partial charge in [0.05, 0.1) is 5.69 Å². The molecule has 3 aromatic rings. The standard InChI is InChI=1S/C18H17N5O2S/c1-23(15(16(19)24)13-5-3-2-4-6-13)18(25)22-17-21-14(11-26-17)12-7-9-20-10-8-12/h2-11,15H,1H3,(H2,19,24)(H,21,22,25)/t15-/m0/s1. The van der Waals surface area contributed by atoms with E-state index in [0.717, 1.165) is 11.3 Å². The first-order chi connectivity index (χ1) is 12.6. The van der Waals surface area contributed by atoms with Gasteiger partial charge in [0.1, 0.15) is 6.04 Å². The van der Waals surface area contributed by atoms with E-state index in [2.05, 4.69) is 15.3 Å².